The summed E-state index contributed by atoms with van der Waals surface area (Å²) in [6.07, 6.45) is 6.95. The summed E-state index contributed by atoms with van der Waals surface area (Å²) in [7, 11) is 2.12. The first kappa shape index (κ1) is 12.1. The number of carbonyl (C=O) groups excluding carboxylic acids is 1. The van der Waals surface area contributed by atoms with Crippen LogP contribution in [0, 0.1) is 0 Å². The Labute approximate surface area is 102 Å². The van der Waals surface area contributed by atoms with Gasteiger partial charge in [-0.15, -0.1) is 0 Å². The number of likely N-dealkylation sites (N-methyl/N-ethyl adjacent to an activating group) is 1. The van der Waals surface area contributed by atoms with Crippen LogP contribution in [-0.2, 0) is 0 Å². The molecule has 1 aromatic heterocycles. The molecule has 1 aromatic rings. The third-order valence-corrected chi connectivity index (χ3v) is 3.34. The van der Waals surface area contributed by atoms with Crippen molar-refractivity contribution in [3.05, 3.63) is 18.7 Å². The highest BCUT2D eigenvalue weighted by Gasteiger charge is 2.26. The summed E-state index contributed by atoms with van der Waals surface area (Å²) in [6.45, 7) is 4.99. The summed E-state index contributed by atoms with van der Waals surface area (Å²) in [4.78, 5) is 20.5. The quantitative estimate of drug-likeness (QED) is 0.737. The molecule has 17 heavy (non-hydrogen) atoms. The van der Waals surface area contributed by atoms with E-state index in [1.807, 2.05) is 4.90 Å². The van der Waals surface area contributed by atoms with E-state index < -0.39 is 0 Å². The first-order chi connectivity index (χ1) is 8.22. The van der Waals surface area contributed by atoms with Crippen molar-refractivity contribution in [2.24, 2.45) is 0 Å². The topological polar surface area (TPSA) is 41.4 Å². The molecule has 94 valence electrons. The predicted octanol–water partition coefficient (Wildman–Crippen LogP) is 1.27. The number of aromatic nitrogens is 2. The number of nitrogens with zero attached hydrogens (tertiary/aromatic N) is 4. The summed E-state index contributed by atoms with van der Waals surface area (Å²) in [5.41, 5.74) is 0. The van der Waals surface area contributed by atoms with E-state index in [0.29, 0.717) is 6.04 Å². The molecule has 1 fully saturated rings. The van der Waals surface area contributed by atoms with Gasteiger partial charge >= 0.3 is 6.03 Å². The van der Waals surface area contributed by atoms with E-state index in [-0.39, 0.29) is 6.03 Å². The minimum atomic E-state index is 0.0460. The molecule has 1 aliphatic heterocycles. The number of hydrogen-bond donors (Lipinski definition) is 0. The van der Waals surface area contributed by atoms with Crippen LogP contribution in [0.4, 0.5) is 4.79 Å². The number of hydrogen-bond acceptors (Lipinski definition) is 3. The minimum absolute atomic E-state index is 0.0460. The van der Waals surface area contributed by atoms with E-state index in [9.17, 15) is 4.79 Å². The number of rotatable bonds is 1. The maximum absolute atomic E-state index is 12.3. The van der Waals surface area contributed by atoms with Gasteiger partial charge in [-0.3, -0.25) is 4.57 Å². The van der Waals surface area contributed by atoms with E-state index in [2.05, 4.69) is 23.9 Å². The molecule has 0 N–H and O–H groups in total. The van der Waals surface area contributed by atoms with Gasteiger partial charge < -0.3 is 9.80 Å². The van der Waals surface area contributed by atoms with E-state index in [0.717, 1.165) is 32.5 Å². The molecule has 0 bridgehead atoms. The normalized spacial score (nSPS) is 22.5. The van der Waals surface area contributed by atoms with Gasteiger partial charge in [-0.25, -0.2) is 9.78 Å². The Bertz CT molecular complexity index is 363. The van der Waals surface area contributed by atoms with Gasteiger partial charge in [-0.05, 0) is 26.4 Å². The van der Waals surface area contributed by atoms with E-state index in [1.165, 1.54) is 0 Å². The second-order valence-electron chi connectivity index (χ2n) is 4.62. The Morgan fingerprint density at radius 1 is 1.47 bits per heavy atom. The van der Waals surface area contributed by atoms with Crippen LogP contribution in [0.15, 0.2) is 18.7 Å². The zero-order chi connectivity index (χ0) is 12.3. The molecular formula is C12H20N4O. The molecule has 2 rings (SSSR count). The van der Waals surface area contributed by atoms with Crippen molar-refractivity contribution >= 4 is 6.03 Å². The van der Waals surface area contributed by atoms with E-state index in [1.54, 1.807) is 23.3 Å². The monoisotopic (exact) mass is 236 g/mol. The summed E-state index contributed by atoms with van der Waals surface area (Å²) >= 11 is 0. The maximum Gasteiger partial charge on any atom is 0.329 e. The maximum atomic E-state index is 12.3. The molecule has 0 spiro atoms. The van der Waals surface area contributed by atoms with Crippen molar-refractivity contribution in [2.75, 3.05) is 26.7 Å². The minimum Gasteiger partial charge on any atom is -0.320 e. The number of amides is 1. The number of carbonyl (C=O) groups is 1. The van der Waals surface area contributed by atoms with Gasteiger partial charge in [0.1, 0.15) is 6.33 Å². The molecule has 0 aromatic carbocycles. The Hall–Kier alpha value is -1.36. The molecule has 0 saturated carbocycles. The highest BCUT2D eigenvalue weighted by molar-refractivity contribution is 5.77. The van der Waals surface area contributed by atoms with Crippen molar-refractivity contribution in [3.8, 4) is 0 Å². The molecular weight excluding hydrogens is 216 g/mol. The van der Waals surface area contributed by atoms with Gasteiger partial charge in [-0.2, -0.15) is 0 Å². The van der Waals surface area contributed by atoms with Crippen LogP contribution in [-0.4, -0.2) is 58.1 Å². The molecule has 1 saturated heterocycles. The largest absolute Gasteiger partial charge is 0.329 e. The van der Waals surface area contributed by atoms with Gasteiger partial charge in [0.15, 0.2) is 0 Å². The van der Waals surface area contributed by atoms with Crippen LogP contribution >= 0.6 is 0 Å². The average Bonchev–Trinajstić information content (AvgIpc) is 2.78. The van der Waals surface area contributed by atoms with Crippen molar-refractivity contribution < 1.29 is 4.79 Å². The lowest BCUT2D eigenvalue weighted by atomic mass is 10.2. The Morgan fingerprint density at radius 3 is 2.94 bits per heavy atom. The van der Waals surface area contributed by atoms with Crippen molar-refractivity contribution in [1.82, 2.24) is 19.4 Å². The van der Waals surface area contributed by atoms with Gasteiger partial charge in [0.25, 0.3) is 0 Å². The van der Waals surface area contributed by atoms with Crippen LogP contribution in [0.1, 0.15) is 19.8 Å². The third kappa shape index (κ3) is 2.66. The Balaban J connectivity index is 2.14. The summed E-state index contributed by atoms with van der Waals surface area (Å²) < 4.78 is 1.56. The van der Waals surface area contributed by atoms with Crippen LogP contribution in [0.25, 0.3) is 0 Å². The van der Waals surface area contributed by atoms with Crippen LogP contribution in [0.3, 0.4) is 0 Å². The summed E-state index contributed by atoms with van der Waals surface area (Å²) in [5, 5.41) is 0. The molecule has 2 heterocycles. The molecule has 1 aliphatic rings. The van der Waals surface area contributed by atoms with Crippen LogP contribution in [0.5, 0.6) is 0 Å². The standard InChI is InChI=1S/C12H20N4O/c1-3-11-9-14(2)6-4-7-16(11)12(17)15-8-5-13-10-15/h5,8,10-11H,3-4,6-7,9H2,1-2H3. The van der Waals surface area contributed by atoms with Crippen LogP contribution < -0.4 is 0 Å². The lowest BCUT2D eigenvalue weighted by Gasteiger charge is -2.30. The molecule has 1 amide bonds. The molecule has 0 radical (unpaired) electrons. The average molecular weight is 236 g/mol. The van der Waals surface area contributed by atoms with Crippen molar-refractivity contribution in [3.63, 3.8) is 0 Å². The van der Waals surface area contributed by atoms with E-state index in [4.69, 9.17) is 0 Å². The van der Waals surface area contributed by atoms with Crippen molar-refractivity contribution in [2.45, 2.75) is 25.8 Å². The van der Waals surface area contributed by atoms with Gasteiger partial charge in [0.05, 0.1) is 0 Å². The molecule has 0 aliphatic carbocycles. The highest BCUT2D eigenvalue weighted by atomic mass is 16.2. The third-order valence-electron chi connectivity index (χ3n) is 3.34. The summed E-state index contributed by atoms with van der Waals surface area (Å²) in [6, 6.07) is 0.349. The predicted molar refractivity (Wildman–Crippen MR) is 65.9 cm³/mol. The lowest BCUT2D eigenvalue weighted by molar-refractivity contribution is 0.171. The Morgan fingerprint density at radius 2 is 2.29 bits per heavy atom. The fourth-order valence-corrected chi connectivity index (χ4v) is 2.37. The first-order valence-corrected chi connectivity index (χ1v) is 6.20. The summed E-state index contributed by atoms with van der Waals surface area (Å²) in [5.74, 6) is 0. The zero-order valence-electron chi connectivity index (χ0n) is 10.5. The zero-order valence-corrected chi connectivity index (χ0v) is 10.5. The van der Waals surface area contributed by atoms with Gasteiger partial charge in [0, 0.05) is 31.5 Å². The second-order valence-corrected chi connectivity index (χ2v) is 4.62. The van der Waals surface area contributed by atoms with Gasteiger partial charge in [-0.1, -0.05) is 6.92 Å². The van der Waals surface area contributed by atoms with Crippen molar-refractivity contribution in [1.29, 1.82) is 0 Å². The number of imidazole rings is 1. The fourth-order valence-electron chi connectivity index (χ4n) is 2.37. The van der Waals surface area contributed by atoms with Gasteiger partial charge in [0.2, 0.25) is 0 Å². The fraction of sp³-hybridized carbons (Fsp3) is 0.667. The van der Waals surface area contributed by atoms with Crippen LogP contribution in [0.2, 0.25) is 0 Å². The first-order valence-electron chi connectivity index (χ1n) is 6.20. The second kappa shape index (κ2) is 5.31. The van der Waals surface area contributed by atoms with E-state index >= 15 is 0 Å². The molecule has 5 heteroatoms. The molecule has 1 unspecified atom stereocenters. The smallest absolute Gasteiger partial charge is 0.320 e. The lowest BCUT2D eigenvalue weighted by Crippen LogP contribution is -2.45. The molecule has 1 atom stereocenters. The molecule has 5 nitrogen and oxygen atoms in total. The Kier molecular flexibility index (Phi) is 3.78. The highest BCUT2D eigenvalue weighted by Crippen LogP contribution is 2.13. The SMILES string of the molecule is CCC1CN(C)CCCN1C(=O)n1ccnc1.